The first-order chi connectivity index (χ1) is 14.6. The van der Waals surface area contributed by atoms with Crippen molar-refractivity contribution in [2.75, 3.05) is 18.2 Å². The van der Waals surface area contributed by atoms with Gasteiger partial charge in [-0.2, -0.15) is 0 Å². The Bertz CT molecular complexity index is 1140. The highest BCUT2D eigenvalue weighted by Crippen LogP contribution is 2.26. The summed E-state index contributed by atoms with van der Waals surface area (Å²) in [5.74, 6) is 1.15. The summed E-state index contributed by atoms with van der Waals surface area (Å²) in [6.07, 6.45) is 1.35. The van der Waals surface area contributed by atoms with Crippen molar-refractivity contribution in [1.29, 1.82) is 0 Å². The molecule has 4 rings (SSSR count). The van der Waals surface area contributed by atoms with E-state index in [2.05, 4.69) is 26.6 Å². The lowest BCUT2D eigenvalue weighted by Gasteiger charge is -2.10. The highest BCUT2D eigenvalue weighted by atomic mass is 32.2. The molecule has 0 spiro atoms. The van der Waals surface area contributed by atoms with Crippen molar-refractivity contribution in [2.24, 2.45) is 0 Å². The fraction of sp³-hybridized carbons (Fsp3) is 0.238. The molecular weight excluding hydrogens is 420 g/mol. The second kappa shape index (κ2) is 9.27. The lowest BCUT2D eigenvalue weighted by atomic mass is 10.2. The van der Waals surface area contributed by atoms with Gasteiger partial charge in [0.05, 0.1) is 33.8 Å². The van der Waals surface area contributed by atoms with Gasteiger partial charge in [-0.3, -0.25) is 4.79 Å². The van der Waals surface area contributed by atoms with Crippen LogP contribution in [0.15, 0.2) is 52.1 Å². The highest BCUT2D eigenvalue weighted by molar-refractivity contribution is 7.99. The first kappa shape index (κ1) is 20.4. The molecule has 0 aliphatic rings. The number of methoxy groups -OCH3 is 1. The third-order valence-electron chi connectivity index (χ3n) is 4.30. The molecule has 0 unspecified atom stereocenters. The number of fused-ring (bicyclic) bond motifs is 1. The number of hydrogen-bond acceptors (Lipinski definition) is 8. The number of thiazole rings is 1. The number of anilines is 1. The Labute approximate surface area is 181 Å². The molecule has 0 aliphatic carbocycles. The van der Waals surface area contributed by atoms with Crippen LogP contribution in [0.1, 0.15) is 16.5 Å². The summed E-state index contributed by atoms with van der Waals surface area (Å²) >= 11 is 2.88. The normalized spacial score (nSPS) is 11.0. The molecular formula is C21H20N4O3S2. The predicted molar refractivity (Wildman–Crippen MR) is 118 cm³/mol. The average Bonchev–Trinajstić information content (AvgIpc) is 3.37. The minimum absolute atomic E-state index is 0.163. The SMILES string of the molecule is COc1ccc(C)cc1NC(=O)CSc1nnc(CCc2nc3ccccc3s2)o1. The number of ether oxygens (including phenoxy) is 1. The number of benzene rings is 2. The van der Waals surface area contributed by atoms with Gasteiger partial charge in [-0.05, 0) is 36.8 Å². The minimum atomic E-state index is -0.168. The molecule has 0 atom stereocenters. The number of nitrogens with one attached hydrogen (secondary N) is 1. The Morgan fingerprint density at radius 1 is 1.20 bits per heavy atom. The molecule has 4 aromatic rings. The summed E-state index contributed by atoms with van der Waals surface area (Å²) in [7, 11) is 1.57. The van der Waals surface area contributed by atoms with Crippen LogP contribution in [0.25, 0.3) is 10.2 Å². The van der Waals surface area contributed by atoms with E-state index in [4.69, 9.17) is 9.15 Å². The predicted octanol–water partition coefficient (Wildman–Crippen LogP) is 4.51. The van der Waals surface area contributed by atoms with Gasteiger partial charge in [-0.1, -0.05) is 30.0 Å². The van der Waals surface area contributed by atoms with Crippen LogP contribution < -0.4 is 10.1 Å². The molecule has 2 aromatic carbocycles. The van der Waals surface area contributed by atoms with Gasteiger partial charge in [0.2, 0.25) is 11.8 Å². The molecule has 154 valence electrons. The molecule has 0 saturated heterocycles. The van der Waals surface area contributed by atoms with Crippen molar-refractivity contribution >= 4 is 44.9 Å². The van der Waals surface area contributed by atoms with Crippen molar-refractivity contribution in [2.45, 2.75) is 25.0 Å². The summed E-state index contributed by atoms with van der Waals surface area (Å²) in [5.41, 5.74) is 2.69. The van der Waals surface area contributed by atoms with Crippen LogP contribution in [0.2, 0.25) is 0 Å². The topological polar surface area (TPSA) is 90.1 Å². The van der Waals surface area contributed by atoms with Crippen molar-refractivity contribution in [1.82, 2.24) is 15.2 Å². The monoisotopic (exact) mass is 440 g/mol. The number of thioether (sulfide) groups is 1. The molecule has 0 radical (unpaired) electrons. The molecule has 0 saturated carbocycles. The van der Waals surface area contributed by atoms with Crippen molar-refractivity contribution in [3.63, 3.8) is 0 Å². The first-order valence-electron chi connectivity index (χ1n) is 9.35. The first-order valence-corrected chi connectivity index (χ1v) is 11.1. The number of rotatable bonds is 8. The summed E-state index contributed by atoms with van der Waals surface area (Å²) in [5, 5.41) is 12.4. The molecule has 9 heteroatoms. The molecule has 1 amide bonds. The number of carbonyl (C=O) groups excluding carboxylic acids is 1. The van der Waals surface area contributed by atoms with Gasteiger partial charge in [-0.15, -0.1) is 21.5 Å². The number of nitrogens with zero attached hydrogens (tertiary/aromatic N) is 3. The molecule has 2 aromatic heterocycles. The van der Waals surface area contributed by atoms with Crippen LogP contribution in [0.3, 0.4) is 0 Å². The van der Waals surface area contributed by atoms with E-state index in [1.165, 1.54) is 16.5 Å². The quantitative estimate of drug-likeness (QED) is 0.403. The zero-order chi connectivity index (χ0) is 20.9. The van der Waals surface area contributed by atoms with Crippen LogP contribution in [0, 0.1) is 6.92 Å². The molecule has 0 fully saturated rings. The Kier molecular flexibility index (Phi) is 6.29. The summed E-state index contributed by atoms with van der Waals surface area (Å²) in [6, 6.07) is 13.7. The van der Waals surface area contributed by atoms with E-state index < -0.39 is 0 Å². The van der Waals surface area contributed by atoms with Crippen LogP contribution in [-0.4, -0.2) is 34.0 Å². The van der Waals surface area contributed by atoms with Crippen LogP contribution in [-0.2, 0) is 17.6 Å². The van der Waals surface area contributed by atoms with Crippen molar-refractivity contribution in [3.8, 4) is 5.75 Å². The lowest BCUT2D eigenvalue weighted by Crippen LogP contribution is -2.14. The largest absolute Gasteiger partial charge is 0.495 e. The third-order valence-corrected chi connectivity index (χ3v) is 6.21. The molecule has 0 aliphatic heterocycles. The standard InChI is InChI=1S/C21H20N4O3S2/c1-13-7-8-16(27-2)15(11-13)22-18(26)12-29-21-25-24-19(28-21)9-10-20-23-14-5-3-4-6-17(14)30-20/h3-8,11H,9-10,12H2,1-2H3,(H,22,26). The number of amides is 1. The van der Waals surface area contributed by atoms with Gasteiger partial charge in [0.25, 0.3) is 5.22 Å². The maximum Gasteiger partial charge on any atom is 0.277 e. The fourth-order valence-electron chi connectivity index (χ4n) is 2.87. The van der Waals surface area contributed by atoms with Crippen molar-refractivity contribution in [3.05, 3.63) is 58.9 Å². The van der Waals surface area contributed by atoms with Crippen LogP contribution in [0.4, 0.5) is 5.69 Å². The second-order valence-corrected chi connectivity index (χ2v) is 8.62. The maximum absolute atomic E-state index is 12.3. The molecule has 7 nitrogen and oxygen atoms in total. The zero-order valence-electron chi connectivity index (χ0n) is 16.5. The van der Waals surface area contributed by atoms with Gasteiger partial charge < -0.3 is 14.5 Å². The molecule has 30 heavy (non-hydrogen) atoms. The van der Waals surface area contributed by atoms with Gasteiger partial charge in [0, 0.05) is 12.8 Å². The Morgan fingerprint density at radius 3 is 2.90 bits per heavy atom. The van der Waals surface area contributed by atoms with E-state index in [-0.39, 0.29) is 11.7 Å². The Morgan fingerprint density at radius 2 is 2.07 bits per heavy atom. The molecule has 1 N–H and O–H groups in total. The Balaban J connectivity index is 1.29. The highest BCUT2D eigenvalue weighted by Gasteiger charge is 2.13. The van der Waals surface area contributed by atoms with E-state index >= 15 is 0 Å². The lowest BCUT2D eigenvalue weighted by molar-refractivity contribution is -0.113. The maximum atomic E-state index is 12.3. The minimum Gasteiger partial charge on any atom is -0.495 e. The molecule has 2 heterocycles. The number of carbonyl (C=O) groups is 1. The summed E-state index contributed by atoms with van der Waals surface area (Å²) in [6.45, 7) is 1.96. The van der Waals surface area contributed by atoms with E-state index in [1.54, 1.807) is 18.4 Å². The number of aromatic nitrogens is 3. The number of aryl methyl sites for hydroxylation is 3. The molecule has 0 bridgehead atoms. The van der Waals surface area contributed by atoms with E-state index in [0.29, 0.717) is 29.0 Å². The Hall–Kier alpha value is -2.91. The van der Waals surface area contributed by atoms with Crippen LogP contribution >= 0.6 is 23.1 Å². The zero-order valence-corrected chi connectivity index (χ0v) is 18.2. The van der Waals surface area contributed by atoms with E-state index in [9.17, 15) is 4.79 Å². The van der Waals surface area contributed by atoms with Gasteiger partial charge >= 0.3 is 0 Å². The third kappa shape index (κ3) is 4.98. The van der Waals surface area contributed by atoms with E-state index in [1.807, 2.05) is 43.3 Å². The number of hydrogen-bond donors (Lipinski definition) is 1. The fourth-order valence-corrected chi connectivity index (χ4v) is 4.42. The second-order valence-electron chi connectivity index (χ2n) is 6.58. The van der Waals surface area contributed by atoms with Gasteiger partial charge in [0.1, 0.15) is 5.75 Å². The smallest absolute Gasteiger partial charge is 0.277 e. The summed E-state index contributed by atoms with van der Waals surface area (Å²) in [4.78, 5) is 16.9. The number of para-hydroxylation sites is 1. The van der Waals surface area contributed by atoms with Gasteiger partial charge in [0.15, 0.2) is 0 Å². The van der Waals surface area contributed by atoms with E-state index in [0.717, 1.165) is 22.5 Å². The average molecular weight is 441 g/mol. The summed E-state index contributed by atoms with van der Waals surface area (Å²) < 4.78 is 12.1. The van der Waals surface area contributed by atoms with Gasteiger partial charge in [-0.25, -0.2) is 4.98 Å². The van der Waals surface area contributed by atoms with Crippen molar-refractivity contribution < 1.29 is 13.9 Å². The van der Waals surface area contributed by atoms with Crippen LogP contribution in [0.5, 0.6) is 5.75 Å².